The van der Waals surface area contributed by atoms with Gasteiger partial charge in [0.2, 0.25) is 0 Å². The summed E-state index contributed by atoms with van der Waals surface area (Å²) in [6.07, 6.45) is 6.98. The number of nitrogens with zero attached hydrogens (tertiary/aromatic N) is 2. The van der Waals surface area contributed by atoms with E-state index in [1.54, 1.807) is 17.8 Å². The molecule has 0 fully saturated rings. The minimum atomic E-state index is 0.302. The van der Waals surface area contributed by atoms with E-state index in [0.29, 0.717) is 11.9 Å². The molecule has 4 nitrogen and oxygen atoms in total. The summed E-state index contributed by atoms with van der Waals surface area (Å²) in [6.45, 7) is 6.34. The van der Waals surface area contributed by atoms with Crippen LogP contribution >= 0.6 is 11.8 Å². The van der Waals surface area contributed by atoms with Crippen LogP contribution in [0.1, 0.15) is 34.9 Å². The molecule has 1 aliphatic rings. The van der Waals surface area contributed by atoms with Gasteiger partial charge in [-0.05, 0) is 38.3 Å². The zero-order chi connectivity index (χ0) is 17.2. The highest BCUT2D eigenvalue weighted by atomic mass is 32.2. The van der Waals surface area contributed by atoms with Crippen LogP contribution in [0.4, 0.5) is 0 Å². The average Bonchev–Trinajstić information content (AvgIpc) is 3.03. The van der Waals surface area contributed by atoms with Crippen molar-refractivity contribution in [1.82, 2.24) is 15.0 Å². The molecule has 4 rings (SSSR count). The van der Waals surface area contributed by atoms with Gasteiger partial charge >= 0.3 is 0 Å². The fourth-order valence-electron chi connectivity index (χ4n) is 3.36. The largest absolute Gasteiger partial charge is 0.489 e. The van der Waals surface area contributed by atoms with Gasteiger partial charge in [-0.3, -0.25) is 4.98 Å². The first-order chi connectivity index (χ1) is 12.3. The molecule has 25 heavy (non-hydrogen) atoms. The van der Waals surface area contributed by atoms with Crippen molar-refractivity contribution in [3.63, 3.8) is 0 Å². The highest BCUT2D eigenvalue weighted by Gasteiger charge is 2.27. The maximum atomic E-state index is 5.94. The van der Waals surface area contributed by atoms with Crippen LogP contribution in [0.2, 0.25) is 0 Å². The molecule has 0 spiro atoms. The van der Waals surface area contributed by atoms with Gasteiger partial charge < -0.3 is 9.72 Å². The minimum Gasteiger partial charge on any atom is -0.489 e. The standard InChI is InChI=1S/C20H21N3OS/c1-3-11-24-19-13(2)12-21-18-14(19)7-6-10-17(18)25-20-22-15-8-4-5-9-16(15)23-20/h3-5,8-9,12,17H,1,6-7,10-11H2,2H3,(H,22,23). The van der Waals surface area contributed by atoms with E-state index in [2.05, 4.69) is 24.6 Å². The Labute approximate surface area is 151 Å². The summed E-state index contributed by atoms with van der Waals surface area (Å²) < 4.78 is 5.94. The Balaban J connectivity index is 1.66. The van der Waals surface area contributed by atoms with Gasteiger partial charge in [-0.25, -0.2) is 4.98 Å². The molecule has 128 valence electrons. The van der Waals surface area contributed by atoms with Gasteiger partial charge in [0, 0.05) is 17.3 Å². The average molecular weight is 351 g/mol. The number of imidazole rings is 1. The molecular formula is C20H21N3OS. The maximum absolute atomic E-state index is 5.94. The number of rotatable bonds is 5. The van der Waals surface area contributed by atoms with E-state index in [9.17, 15) is 0 Å². The molecule has 0 saturated carbocycles. The first-order valence-electron chi connectivity index (χ1n) is 8.59. The number of aromatic nitrogens is 3. The molecule has 1 N–H and O–H groups in total. The van der Waals surface area contributed by atoms with E-state index in [1.165, 1.54) is 5.56 Å². The quantitative estimate of drug-likeness (QED) is 0.657. The molecule has 0 radical (unpaired) electrons. The molecule has 0 amide bonds. The third-order valence-corrected chi connectivity index (χ3v) is 5.66. The SMILES string of the molecule is C=CCOc1c(C)cnc2c1CCCC2Sc1nc2ccccc2[nH]1. The van der Waals surface area contributed by atoms with Crippen molar-refractivity contribution in [2.45, 2.75) is 36.6 Å². The summed E-state index contributed by atoms with van der Waals surface area (Å²) in [5.74, 6) is 0.986. The number of pyridine rings is 1. The lowest BCUT2D eigenvalue weighted by atomic mass is 9.93. The number of fused-ring (bicyclic) bond motifs is 2. The van der Waals surface area contributed by atoms with Gasteiger partial charge in [-0.1, -0.05) is 36.5 Å². The van der Waals surface area contributed by atoms with Crippen LogP contribution in [0.5, 0.6) is 5.75 Å². The molecule has 0 bridgehead atoms. The first-order valence-corrected chi connectivity index (χ1v) is 9.47. The van der Waals surface area contributed by atoms with E-state index < -0.39 is 0 Å². The molecule has 2 aromatic heterocycles. The summed E-state index contributed by atoms with van der Waals surface area (Å²) in [4.78, 5) is 12.9. The van der Waals surface area contributed by atoms with E-state index in [-0.39, 0.29) is 0 Å². The van der Waals surface area contributed by atoms with Crippen molar-refractivity contribution < 1.29 is 4.74 Å². The van der Waals surface area contributed by atoms with Crippen LogP contribution in [0, 0.1) is 6.92 Å². The number of hydrogen-bond donors (Lipinski definition) is 1. The molecule has 2 heterocycles. The summed E-state index contributed by atoms with van der Waals surface area (Å²) in [5.41, 5.74) is 5.57. The highest BCUT2D eigenvalue weighted by Crippen LogP contribution is 2.44. The van der Waals surface area contributed by atoms with Crippen molar-refractivity contribution in [3.05, 3.63) is 59.9 Å². The predicted octanol–water partition coefficient (Wildman–Crippen LogP) is 5.00. The fourth-order valence-corrected chi connectivity index (χ4v) is 4.54. The Morgan fingerprint density at radius 3 is 3.12 bits per heavy atom. The van der Waals surface area contributed by atoms with Gasteiger partial charge in [0.25, 0.3) is 0 Å². The maximum Gasteiger partial charge on any atom is 0.167 e. The van der Waals surface area contributed by atoms with Crippen LogP contribution < -0.4 is 4.74 Å². The molecule has 5 heteroatoms. The molecule has 0 aliphatic heterocycles. The zero-order valence-corrected chi connectivity index (χ0v) is 15.1. The lowest BCUT2D eigenvalue weighted by molar-refractivity contribution is 0.353. The molecule has 1 aromatic carbocycles. The Hall–Kier alpha value is -2.27. The van der Waals surface area contributed by atoms with Gasteiger partial charge in [0.15, 0.2) is 5.16 Å². The summed E-state index contributed by atoms with van der Waals surface area (Å²) in [6, 6.07) is 8.14. The van der Waals surface area contributed by atoms with Gasteiger partial charge in [0.1, 0.15) is 12.4 Å². The number of thioether (sulfide) groups is 1. The topological polar surface area (TPSA) is 50.8 Å². The van der Waals surface area contributed by atoms with Crippen LogP contribution in [0.15, 0.2) is 48.3 Å². The third kappa shape index (κ3) is 3.16. The predicted molar refractivity (Wildman–Crippen MR) is 102 cm³/mol. The number of aromatic amines is 1. The number of ether oxygens (including phenoxy) is 1. The summed E-state index contributed by atoms with van der Waals surface area (Å²) >= 11 is 1.77. The number of hydrogen-bond acceptors (Lipinski definition) is 4. The molecular weight excluding hydrogens is 330 g/mol. The smallest absolute Gasteiger partial charge is 0.167 e. The van der Waals surface area contributed by atoms with Crippen molar-refractivity contribution in [2.75, 3.05) is 6.61 Å². The van der Waals surface area contributed by atoms with Crippen molar-refractivity contribution in [2.24, 2.45) is 0 Å². The first kappa shape index (κ1) is 16.2. The lowest BCUT2D eigenvalue weighted by Gasteiger charge is -2.26. The minimum absolute atomic E-state index is 0.302. The second-order valence-electron chi connectivity index (χ2n) is 6.29. The molecule has 1 unspecified atom stereocenters. The van der Waals surface area contributed by atoms with Crippen molar-refractivity contribution in [1.29, 1.82) is 0 Å². The van der Waals surface area contributed by atoms with Crippen molar-refractivity contribution >= 4 is 22.8 Å². The number of nitrogens with one attached hydrogen (secondary N) is 1. The van der Waals surface area contributed by atoms with Crippen LogP contribution in [-0.4, -0.2) is 21.6 Å². The van der Waals surface area contributed by atoms with E-state index >= 15 is 0 Å². The monoisotopic (exact) mass is 351 g/mol. The number of para-hydroxylation sites is 2. The lowest BCUT2D eigenvalue weighted by Crippen LogP contribution is -2.13. The Kier molecular flexibility index (Phi) is 4.49. The molecule has 3 aromatic rings. The molecule has 1 atom stereocenters. The van der Waals surface area contributed by atoms with Gasteiger partial charge in [-0.15, -0.1) is 0 Å². The Morgan fingerprint density at radius 2 is 2.28 bits per heavy atom. The summed E-state index contributed by atoms with van der Waals surface area (Å²) in [7, 11) is 0. The molecule has 0 saturated heterocycles. The van der Waals surface area contributed by atoms with E-state index in [0.717, 1.165) is 52.5 Å². The van der Waals surface area contributed by atoms with E-state index in [4.69, 9.17) is 14.7 Å². The van der Waals surface area contributed by atoms with Crippen LogP contribution in [-0.2, 0) is 6.42 Å². The van der Waals surface area contributed by atoms with Gasteiger partial charge in [-0.2, -0.15) is 0 Å². The fraction of sp³-hybridized carbons (Fsp3) is 0.300. The number of aryl methyl sites for hydroxylation is 1. The van der Waals surface area contributed by atoms with Crippen LogP contribution in [0.3, 0.4) is 0 Å². The van der Waals surface area contributed by atoms with Crippen molar-refractivity contribution in [3.8, 4) is 5.75 Å². The molecule has 1 aliphatic carbocycles. The third-order valence-electron chi connectivity index (χ3n) is 4.50. The van der Waals surface area contributed by atoms with Crippen LogP contribution in [0.25, 0.3) is 11.0 Å². The Bertz CT molecular complexity index is 885. The second kappa shape index (κ2) is 6.92. The van der Waals surface area contributed by atoms with E-state index in [1.807, 2.05) is 24.4 Å². The number of H-pyrrole nitrogens is 1. The number of benzene rings is 1. The summed E-state index contributed by atoms with van der Waals surface area (Å²) in [5, 5.41) is 1.26. The Morgan fingerprint density at radius 1 is 1.40 bits per heavy atom. The van der Waals surface area contributed by atoms with Gasteiger partial charge in [0.05, 0.1) is 22.0 Å². The highest BCUT2D eigenvalue weighted by molar-refractivity contribution is 7.99. The normalized spacial score (nSPS) is 16.6. The zero-order valence-electron chi connectivity index (χ0n) is 14.3. The second-order valence-corrected chi connectivity index (χ2v) is 7.48.